The predicted octanol–water partition coefficient (Wildman–Crippen LogP) is 3.22. The molecule has 140 valence electrons. The molecule has 1 amide bonds. The molecule has 0 aliphatic carbocycles. The Labute approximate surface area is 157 Å². The van der Waals surface area contributed by atoms with Crippen molar-refractivity contribution in [2.45, 2.75) is 19.4 Å². The maximum atomic E-state index is 11.9. The second-order valence-corrected chi connectivity index (χ2v) is 5.79. The summed E-state index contributed by atoms with van der Waals surface area (Å²) >= 11 is 0. The third-order valence-corrected chi connectivity index (χ3v) is 3.79. The molecule has 1 heterocycles. The van der Waals surface area contributed by atoms with Crippen molar-refractivity contribution in [2.24, 2.45) is 0 Å². The molecule has 0 aliphatic rings. The number of para-hydroxylation sites is 1. The molecular formula is C20H21N3O4. The highest BCUT2D eigenvalue weighted by Gasteiger charge is 2.10. The van der Waals surface area contributed by atoms with Gasteiger partial charge >= 0.3 is 0 Å². The lowest BCUT2D eigenvalue weighted by Crippen LogP contribution is -2.23. The first kappa shape index (κ1) is 18.4. The van der Waals surface area contributed by atoms with Gasteiger partial charge in [-0.1, -0.05) is 35.5 Å². The van der Waals surface area contributed by atoms with Crippen molar-refractivity contribution >= 4 is 5.91 Å². The summed E-state index contributed by atoms with van der Waals surface area (Å²) in [5.41, 5.74) is 0.786. The fraction of sp³-hybridized carbons (Fsp3) is 0.250. The molecule has 0 aliphatic heterocycles. The number of nitrogens with zero attached hydrogens (tertiary/aromatic N) is 2. The van der Waals surface area contributed by atoms with E-state index in [4.69, 9.17) is 14.0 Å². The third-order valence-electron chi connectivity index (χ3n) is 3.79. The van der Waals surface area contributed by atoms with Crippen molar-refractivity contribution < 1.29 is 18.8 Å². The minimum atomic E-state index is -0.0900. The van der Waals surface area contributed by atoms with E-state index in [0.717, 1.165) is 11.3 Å². The van der Waals surface area contributed by atoms with E-state index in [1.54, 1.807) is 7.11 Å². The average molecular weight is 367 g/mol. The summed E-state index contributed by atoms with van der Waals surface area (Å²) in [7, 11) is 1.60. The van der Waals surface area contributed by atoms with E-state index in [2.05, 4.69) is 15.5 Å². The molecular weight excluding hydrogens is 346 g/mol. The molecule has 0 bridgehead atoms. The third kappa shape index (κ3) is 5.57. The summed E-state index contributed by atoms with van der Waals surface area (Å²) in [6.07, 6.45) is 0.989. The SMILES string of the molecule is COc1cccc(-c2noc(CNC(=O)CCCOc3ccccc3)n2)c1. The summed E-state index contributed by atoms with van der Waals surface area (Å²) in [6, 6.07) is 16.9. The number of hydrogen-bond donors (Lipinski definition) is 1. The summed E-state index contributed by atoms with van der Waals surface area (Å²) < 4.78 is 15.9. The van der Waals surface area contributed by atoms with Crippen LogP contribution in [0.15, 0.2) is 59.1 Å². The molecule has 0 unspecified atom stereocenters. The van der Waals surface area contributed by atoms with Gasteiger partial charge in [-0.3, -0.25) is 4.79 Å². The van der Waals surface area contributed by atoms with Gasteiger partial charge in [0.05, 0.1) is 20.3 Å². The van der Waals surface area contributed by atoms with Crippen molar-refractivity contribution in [3.8, 4) is 22.9 Å². The molecule has 0 atom stereocenters. The van der Waals surface area contributed by atoms with Crippen molar-refractivity contribution in [3.05, 3.63) is 60.5 Å². The van der Waals surface area contributed by atoms with Gasteiger partial charge < -0.3 is 19.3 Å². The monoisotopic (exact) mass is 367 g/mol. The van der Waals surface area contributed by atoms with Gasteiger partial charge in [-0.15, -0.1) is 0 Å². The van der Waals surface area contributed by atoms with Crippen LogP contribution in [0.5, 0.6) is 11.5 Å². The van der Waals surface area contributed by atoms with E-state index in [-0.39, 0.29) is 12.5 Å². The van der Waals surface area contributed by atoms with Crippen molar-refractivity contribution in [1.82, 2.24) is 15.5 Å². The molecule has 0 saturated carbocycles. The van der Waals surface area contributed by atoms with Crippen LogP contribution in [0.25, 0.3) is 11.4 Å². The molecule has 27 heavy (non-hydrogen) atoms. The van der Waals surface area contributed by atoms with Gasteiger partial charge in [-0.05, 0) is 30.7 Å². The second kappa shape index (κ2) is 9.38. The Morgan fingerprint density at radius 2 is 1.93 bits per heavy atom. The second-order valence-electron chi connectivity index (χ2n) is 5.79. The molecule has 0 fully saturated rings. The van der Waals surface area contributed by atoms with Crippen LogP contribution in [-0.4, -0.2) is 29.8 Å². The zero-order chi connectivity index (χ0) is 18.9. The topological polar surface area (TPSA) is 86.5 Å². The Morgan fingerprint density at radius 1 is 1.11 bits per heavy atom. The molecule has 0 radical (unpaired) electrons. The number of carbonyl (C=O) groups is 1. The van der Waals surface area contributed by atoms with Crippen molar-refractivity contribution in [3.63, 3.8) is 0 Å². The first-order valence-electron chi connectivity index (χ1n) is 8.66. The number of nitrogens with one attached hydrogen (secondary N) is 1. The van der Waals surface area contributed by atoms with E-state index in [1.807, 2.05) is 54.6 Å². The van der Waals surface area contributed by atoms with Crippen LogP contribution in [0.1, 0.15) is 18.7 Å². The number of carbonyl (C=O) groups excluding carboxylic acids is 1. The Bertz CT molecular complexity index is 864. The fourth-order valence-electron chi connectivity index (χ4n) is 2.41. The molecule has 7 nitrogen and oxygen atoms in total. The van der Waals surface area contributed by atoms with E-state index in [9.17, 15) is 4.79 Å². The van der Waals surface area contributed by atoms with Gasteiger partial charge in [0, 0.05) is 12.0 Å². The number of benzene rings is 2. The van der Waals surface area contributed by atoms with Gasteiger partial charge in [0.15, 0.2) is 0 Å². The van der Waals surface area contributed by atoms with Crippen LogP contribution >= 0.6 is 0 Å². The van der Waals surface area contributed by atoms with Crippen LogP contribution < -0.4 is 14.8 Å². The van der Waals surface area contributed by atoms with Gasteiger partial charge in [0.2, 0.25) is 17.6 Å². The molecule has 3 aromatic rings. The molecule has 7 heteroatoms. The van der Waals surface area contributed by atoms with Gasteiger partial charge in [-0.2, -0.15) is 4.98 Å². The van der Waals surface area contributed by atoms with Gasteiger partial charge in [0.1, 0.15) is 11.5 Å². The lowest BCUT2D eigenvalue weighted by Gasteiger charge is -2.05. The number of hydrogen-bond acceptors (Lipinski definition) is 6. The normalized spacial score (nSPS) is 10.4. The zero-order valence-electron chi connectivity index (χ0n) is 15.1. The van der Waals surface area contributed by atoms with Crippen LogP contribution in [0.3, 0.4) is 0 Å². The lowest BCUT2D eigenvalue weighted by atomic mass is 10.2. The smallest absolute Gasteiger partial charge is 0.246 e. The van der Waals surface area contributed by atoms with Crippen molar-refractivity contribution in [2.75, 3.05) is 13.7 Å². The van der Waals surface area contributed by atoms with Crippen LogP contribution in [-0.2, 0) is 11.3 Å². The average Bonchev–Trinajstić information content (AvgIpc) is 3.20. The van der Waals surface area contributed by atoms with E-state index < -0.39 is 0 Å². The number of ether oxygens (including phenoxy) is 2. The number of amides is 1. The molecule has 1 N–H and O–H groups in total. The largest absolute Gasteiger partial charge is 0.497 e. The standard InChI is InChI=1S/C20H21N3O4/c1-25-17-10-5-7-15(13-17)20-22-19(27-23-20)14-21-18(24)11-6-12-26-16-8-3-2-4-9-16/h2-5,7-10,13H,6,11-12,14H2,1H3,(H,21,24). The first-order valence-corrected chi connectivity index (χ1v) is 8.66. The molecule has 1 aromatic heterocycles. The van der Waals surface area contributed by atoms with Gasteiger partial charge in [-0.25, -0.2) is 0 Å². The minimum absolute atomic E-state index is 0.0900. The number of aromatic nitrogens is 2. The van der Waals surface area contributed by atoms with Crippen LogP contribution in [0, 0.1) is 0 Å². The molecule has 2 aromatic carbocycles. The molecule has 0 saturated heterocycles. The lowest BCUT2D eigenvalue weighted by molar-refractivity contribution is -0.121. The first-order chi connectivity index (χ1) is 13.2. The summed E-state index contributed by atoms with van der Waals surface area (Å²) in [5.74, 6) is 2.22. The molecule has 0 spiro atoms. The fourth-order valence-corrected chi connectivity index (χ4v) is 2.41. The predicted molar refractivity (Wildman–Crippen MR) is 99.3 cm³/mol. The Kier molecular flexibility index (Phi) is 6.40. The Hall–Kier alpha value is -3.35. The minimum Gasteiger partial charge on any atom is -0.497 e. The zero-order valence-corrected chi connectivity index (χ0v) is 15.1. The summed E-state index contributed by atoms with van der Waals surface area (Å²) in [6.45, 7) is 0.674. The highest BCUT2D eigenvalue weighted by atomic mass is 16.5. The highest BCUT2D eigenvalue weighted by molar-refractivity contribution is 5.75. The van der Waals surface area contributed by atoms with E-state index in [1.165, 1.54) is 0 Å². The maximum Gasteiger partial charge on any atom is 0.246 e. The summed E-state index contributed by atoms with van der Waals surface area (Å²) in [5, 5.41) is 6.71. The highest BCUT2D eigenvalue weighted by Crippen LogP contribution is 2.21. The van der Waals surface area contributed by atoms with Gasteiger partial charge in [0.25, 0.3) is 0 Å². The molecule has 3 rings (SSSR count). The number of rotatable bonds is 9. The Morgan fingerprint density at radius 3 is 2.74 bits per heavy atom. The van der Waals surface area contributed by atoms with Crippen molar-refractivity contribution in [1.29, 1.82) is 0 Å². The summed E-state index contributed by atoms with van der Waals surface area (Å²) in [4.78, 5) is 16.2. The number of methoxy groups -OCH3 is 1. The van der Waals surface area contributed by atoms with Crippen LogP contribution in [0.2, 0.25) is 0 Å². The Balaban J connectivity index is 1.41. The maximum absolute atomic E-state index is 11.9. The quantitative estimate of drug-likeness (QED) is 0.585. The van der Waals surface area contributed by atoms with Crippen LogP contribution in [0.4, 0.5) is 0 Å². The van der Waals surface area contributed by atoms with E-state index >= 15 is 0 Å². The van der Waals surface area contributed by atoms with E-state index in [0.29, 0.717) is 36.9 Å².